The van der Waals surface area contributed by atoms with E-state index in [1.54, 1.807) is 0 Å². The van der Waals surface area contributed by atoms with Gasteiger partial charge in [0, 0.05) is 12.8 Å². The van der Waals surface area contributed by atoms with E-state index in [1.807, 2.05) is 28.8 Å². The summed E-state index contributed by atoms with van der Waals surface area (Å²) >= 11 is 1.36. The highest BCUT2D eigenvalue weighted by atomic mass is 32.1. The number of nitrogens with one attached hydrogen (secondary N) is 1. The third-order valence-corrected chi connectivity index (χ3v) is 4.23. The quantitative estimate of drug-likeness (QED) is 0.815. The molecule has 1 fully saturated rings. The molecule has 1 aromatic carbocycles. The Morgan fingerprint density at radius 2 is 2.00 bits per heavy atom. The van der Waals surface area contributed by atoms with Crippen LogP contribution in [-0.4, -0.2) is 17.7 Å². The zero-order valence-corrected chi connectivity index (χ0v) is 9.93. The van der Waals surface area contributed by atoms with Gasteiger partial charge in [-0.15, -0.1) is 0 Å². The zero-order valence-electron chi connectivity index (χ0n) is 9.11. The van der Waals surface area contributed by atoms with Gasteiger partial charge in [-0.05, 0) is 12.1 Å². The molecule has 0 atom stereocenters. The summed E-state index contributed by atoms with van der Waals surface area (Å²) in [6, 6.07) is 8.07. The van der Waals surface area contributed by atoms with E-state index < -0.39 is 0 Å². The SMILES string of the molecule is O=c1sc2ccccc2n1C[NH+]1CCCC1. The van der Waals surface area contributed by atoms with Crippen molar-refractivity contribution in [1.82, 2.24) is 4.57 Å². The minimum Gasteiger partial charge on any atom is -0.317 e. The standard InChI is InChI=1S/C12H14N2OS/c15-12-14(9-13-7-3-4-8-13)10-5-1-2-6-11(10)16-12/h1-2,5-6H,3-4,7-9H2/p+1. The summed E-state index contributed by atoms with van der Waals surface area (Å²) in [5.74, 6) is 0. The van der Waals surface area contributed by atoms with E-state index in [0.29, 0.717) is 0 Å². The number of para-hydroxylation sites is 1. The Bertz CT molecular complexity index is 551. The molecule has 2 aromatic rings. The minimum absolute atomic E-state index is 0.181. The van der Waals surface area contributed by atoms with Crippen molar-refractivity contribution in [3.05, 3.63) is 33.9 Å². The van der Waals surface area contributed by atoms with E-state index in [4.69, 9.17) is 0 Å². The molecule has 0 radical (unpaired) electrons. The molecular weight excluding hydrogens is 220 g/mol. The number of nitrogens with zero attached hydrogens (tertiary/aromatic N) is 1. The maximum absolute atomic E-state index is 11.9. The van der Waals surface area contributed by atoms with E-state index in [2.05, 4.69) is 0 Å². The Kier molecular flexibility index (Phi) is 2.53. The second-order valence-corrected chi connectivity index (χ2v) is 5.37. The van der Waals surface area contributed by atoms with Crippen molar-refractivity contribution < 1.29 is 4.90 Å². The first-order valence-electron chi connectivity index (χ1n) is 5.76. The van der Waals surface area contributed by atoms with Crippen molar-refractivity contribution in [3.63, 3.8) is 0 Å². The van der Waals surface area contributed by atoms with Crippen LogP contribution in [0.15, 0.2) is 29.1 Å². The largest absolute Gasteiger partial charge is 0.317 e. The Hall–Kier alpha value is -1.13. The van der Waals surface area contributed by atoms with Gasteiger partial charge in [-0.25, -0.2) is 0 Å². The second-order valence-electron chi connectivity index (χ2n) is 4.38. The molecule has 16 heavy (non-hydrogen) atoms. The van der Waals surface area contributed by atoms with Crippen LogP contribution in [0.3, 0.4) is 0 Å². The van der Waals surface area contributed by atoms with Gasteiger partial charge in [0.05, 0.1) is 23.3 Å². The average molecular weight is 235 g/mol. The fraction of sp³-hybridized carbons (Fsp3) is 0.417. The molecule has 84 valence electrons. The number of fused-ring (bicyclic) bond motifs is 1. The summed E-state index contributed by atoms with van der Waals surface area (Å²) in [7, 11) is 0. The predicted octanol–water partition coefficient (Wildman–Crippen LogP) is 0.699. The fourth-order valence-electron chi connectivity index (χ4n) is 2.42. The molecule has 1 N–H and O–H groups in total. The number of thiazole rings is 1. The summed E-state index contributed by atoms with van der Waals surface area (Å²) in [4.78, 5) is 13.6. The molecule has 2 heterocycles. The zero-order chi connectivity index (χ0) is 11.0. The highest BCUT2D eigenvalue weighted by Crippen LogP contribution is 2.15. The number of rotatable bonds is 2. The summed E-state index contributed by atoms with van der Waals surface area (Å²) in [6.45, 7) is 3.25. The molecule has 1 saturated heterocycles. The van der Waals surface area contributed by atoms with Crippen LogP contribution in [0.5, 0.6) is 0 Å². The number of aromatic nitrogens is 1. The lowest BCUT2D eigenvalue weighted by Crippen LogP contribution is -3.09. The topological polar surface area (TPSA) is 26.4 Å². The van der Waals surface area contributed by atoms with E-state index in [9.17, 15) is 4.79 Å². The van der Waals surface area contributed by atoms with Crippen LogP contribution in [0.4, 0.5) is 0 Å². The van der Waals surface area contributed by atoms with Crippen LogP contribution in [0.1, 0.15) is 12.8 Å². The van der Waals surface area contributed by atoms with Crippen LogP contribution in [0.2, 0.25) is 0 Å². The number of likely N-dealkylation sites (tertiary alicyclic amines) is 1. The maximum atomic E-state index is 11.9. The van der Waals surface area contributed by atoms with Crippen LogP contribution >= 0.6 is 11.3 Å². The third-order valence-electron chi connectivity index (χ3n) is 3.27. The Morgan fingerprint density at radius 1 is 1.25 bits per heavy atom. The Labute approximate surface area is 97.9 Å². The molecule has 0 unspecified atom stereocenters. The van der Waals surface area contributed by atoms with Gasteiger partial charge in [0.2, 0.25) is 0 Å². The summed E-state index contributed by atoms with van der Waals surface area (Å²) in [6.07, 6.45) is 2.60. The van der Waals surface area contributed by atoms with Gasteiger partial charge in [-0.1, -0.05) is 23.5 Å². The number of hydrogen-bond acceptors (Lipinski definition) is 2. The highest BCUT2D eigenvalue weighted by molar-refractivity contribution is 7.16. The van der Waals surface area contributed by atoms with Crippen molar-refractivity contribution in [2.75, 3.05) is 13.1 Å². The third kappa shape index (κ3) is 1.68. The van der Waals surface area contributed by atoms with Gasteiger partial charge in [-0.2, -0.15) is 0 Å². The summed E-state index contributed by atoms with van der Waals surface area (Å²) < 4.78 is 3.03. The van der Waals surface area contributed by atoms with Gasteiger partial charge >= 0.3 is 4.87 Å². The van der Waals surface area contributed by atoms with Gasteiger partial charge in [-0.3, -0.25) is 9.36 Å². The first kappa shape index (κ1) is 10.1. The molecule has 0 saturated carbocycles. The van der Waals surface area contributed by atoms with Crippen LogP contribution in [0, 0.1) is 0 Å². The fourth-order valence-corrected chi connectivity index (χ4v) is 3.31. The smallest absolute Gasteiger partial charge is 0.312 e. The van der Waals surface area contributed by atoms with E-state index >= 15 is 0 Å². The summed E-state index contributed by atoms with van der Waals surface area (Å²) in [5, 5.41) is 0. The van der Waals surface area contributed by atoms with Crippen molar-refractivity contribution in [2.24, 2.45) is 0 Å². The lowest BCUT2D eigenvalue weighted by atomic mass is 10.3. The monoisotopic (exact) mass is 235 g/mol. The molecule has 3 rings (SSSR count). The van der Waals surface area contributed by atoms with Crippen molar-refractivity contribution in [1.29, 1.82) is 0 Å². The highest BCUT2D eigenvalue weighted by Gasteiger charge is 2.17. The van der Waals surface area contributed by atoms with Crippen LogP contribution in [-0.2, 0) is 6.67 Å². The van der Waals surface area contributed by atoms with Crippen LogP contribution < -0.4 is 9.77 Å². The predicted molar refractivity (Wildman–Crippen MR) is 66.0 cm³/mol. The van der Waals surface area contributed by atoms with Crippen molar-refractivity contribution >= 4 is 21.6 Å². The van der Waals surface area contributed by atoms with E-state index in [-0.39, 0.29) is 4.87 Å². The molecule has 0 bridgehead atoms. The maximum Gasteiger partial charge on any atom is 0.312 e. The van der Waals surface area contributed by atoms with Crippen molar-refractivity contribution in [3.8, 4) is 0 Å². The molecule has 1 aliphatic heterocycles. The first-order chi connectivity index (χ1) is 7.84. The molecule has 4 heteroatoms. The molecule has 0 amide bonds. The lowest BCUT2D eigenvalue weighted by molar-refractivity contribution is -0.910. The average Bonchev–Trinajstić information content (AvgIpc) is 2.89. The molecular formula is C12H15N2OS+. The molecule has 0 spiro atoms. The first-order valence-corrected chi connectivity index (χ1v) is 6.58. The number of benzene rings is 1. The Balaban J connectivity index is 2.01. The molecule has 1 aliphatic rings. The lowest BCUT2D eigenvalue weighted by Gasteiger charge is -2.12. The van der Waals surface area contributed by atoms with Gasteiger partial charge in [0.15, 0.2) is 6.67 Å². The molecule has 3 nitrogen and oxygen atoms in total. The second kappa shape index (κ2) is 4.03. The van der Waals surface area contributed by atoms with Gasteiger partial charge < -0.3 is 4.90 Å². The van der Waals surface area contributed by atoms with Crippen LogP contribution in [0.25, 0.3) is 10.2 Å². The molecule has 1 aromatic heterocycles. The molecule has 0 aliphatic carbocycles. The van der Waals surface area contributed by atoms with Gasteiger partial charge in [0.25, 0.3) is 0 Å². The number of hydrogen-bond donors (Lipinski definition) is 1. The van der Waals surface area contributed by atoms with Gasteiger partial charge in [0.1, 0.15) is 0 Å². The number of quaternary nitrogens is 1. The minimum atomic E-state index is 0.181. The van der Waals surface area contributed by atoms with E-state index in [0.717, 1.165) is 16.9 Å². The summed E-state index contributed by atoms with van der Waals surface area (Å²) in [5.41, 5.74) is 1.09. The van der Waals surface area contributed by atoms with E-state index in [1.165, 1.54) is 42.2 Å². The Morgan fingerprint density at radius 3 is 2.81 bits per heavy atom. The normalized spacial score (nSPS) is 17.2. The van der Waals surface area contributed by atoms with Crippen molar-refractivity contribution in [2.45, 2.75) is 19.5 Å².